The Hall–Kier alpha value is -3.94. The first kappa shape index (κ1) is 21.8. The molecule has 1 aromatic carbocycles. The molecule has 8 heteroatoms. The highest BCUT2D eigenvalue weighted by atomic mass is 16.2. The topological polar surface area (TPSA) is 108 Å². The fourth-order valence-electron chi connectivity index (χ4n) is 3.02. The molecular weight excluding hydrogens is 392 g/mol. The van der Waals surface area contributed by atoms with Crippen molar-refractivity contribution in [1.29, 1.82) is 0 Å². The van der Waals surface area contributed by atoms with Crippen LogP contribution < -0.4 is 21.3 Å². The van der Waals surface area contributed by atoms with E-state index >= 15 is 0 Å². The van der Waals surface area contributed by atoms with Crippen LogP contribution >= 0.6 is 0 Å². The first-order valence-electron chi connectivity index (χ1n) is 9.98. The lowest BCUT2D eigenvalue weighted by atomic mass is 10.1. The molecule has 2 heterocycles. The summed E-state index contributed by atoms with van der Waals surface area (Å²) in [5, 5.41) is 11.4. The van der Waals surface area contributed by atoms with Crippen LogP contribution in [-0.2, 0) is 0 Å². The van der Waals surface area contributed by atoms with E-state index in [1.165, 1.54) is 0 Å². The van der Waals surface area contributed by atoms with Crippen molar-refractivity contribution in [2.45, 2.75) is 32.9 Å². The smallest absolute Gasteiger partial charge is 0.319 e. The van der Waals surface area contributed by atoms with E-state index in [2.05, 4.69) is 31.2 Å². The van der Waals surface area contributed by atoms with E-state index in [0.29, 0.717) is 11.4 Å². The minimum atomic E-state index is -0.338. The number of nitrogens with one attached hydrogen (secondary N) is 4. The molecule has 0 saturated heterocycles. The summed E-state index contributed by atoms with van der Waals surface area (Å²) in [7, 11) is 0. The Balaban J connectivity index is 1.59. The molecule has 31 heavy (non-hydrogen) atoms. The molecule has 0 bridgehead atoms. The minimum absolute atomic E-state index is 0.175. The molecule has 0 radical (unpaired) electrons. The van der Waals surface area contributed by atoms with E-state index in [9.17, 15) is 9.59 Å². The van der Waals surface area contributed by atoms with Crippen LogP contribution in [0.3, 0.4) is 0 Å². The van der Waals surface area contributed by atoms with Crippen molar-refractivity contribution in [3.05, 3.63) is 83.9 Å². The number of benzene rings is 1. The van der Waals surface area contributed by atoms with Crippen LogP contribution in [0.15, 0.2) is 67.3 Å². The Bertz CT molecular complexity index is 1030. The normalized spacial score (nSPS) is 12.4. The number of hydrogen-bond donors (Lipinski definition) is 4. The highest BCUT2D eigenvalue weighted by Gasteiger charge is 2.13. The zero-order valence-corrected chi connectivity index (χ0v) is 17.7. The zero-order chi connectivity index (χ0) is 22.2. The van der Waals surface area contributed by atoms with Crippen molar-refractivity contribution in [2.75, 3.05) is 10.6 Å². The summed E-state index contributed by atoms with van der Waals surface area (Å²) in [4.78, 5) is 32.8. The Morgan fingerprint density at radius 2 is 1.23 bits per heavy atom. The monoisotopic (exact) mass is 418 g/mol. The highest BCUT2D eigenvalue weighted by Crippen LogP contribution is 2.21. The van der Waals surface area contributed by atoms with Crippen LogP contribution in [0.2, 0.25) is 0 Å². The van der Waals surface area contributed by atoms with Crippen molar-refractivity contribution < 1.29 is 9.59 Å². The van der Waals surface area contributed by atoms with Gasteiger partial charge in [0.05, 0.1) is 12.1 Å². The molecule has 0 saturated carbocycles. The molecule has 0 aliphatic carbocycles. The Kier molecular flexibility index (Phi) is 7.16. The summed E-state index contributed by atoms with van der Waals surface area (Å²) in [6, 6.07) is 11.7. The maximum absolute atomic E-state index is 12.4. The second-order valence-electron chi connectivity index (χ2n) is 7.23. The van der Waals surface area contributed by atoms with Crippen LogP contribution in [0.25, 0.3) is 0 Å². The molecule has 2 atom stereocenters. The minimum Gasteiger partial charge on any atom is -0.331 e. The summed E-state index contributed by atoms with van der Waals surface area (Å²) in [5.41, 5.74) is 3.97. The van der Waals surface area contributed by atoms with Gasteiger partial charge in [-0.3, -0.25) is 9.97 Å². The summed E-state index contributed by atoms with van der Waals surface area (Å²) >= 11 is 0. The van der Waals surface area contributed by atoms with Gasteiger partial charge in [-0.1, -0.05) is 6.07 Å². The average molecular weight is 419 g/mol. The van der Waals surface area contributed by atoms with E-state index in [1.54, 1.807) is 36.9 Å². The number of carbonyl (C=O) groups excluding carboxylic acids is 2. The van der Waals surface area contributed by atoms with Crippen LogP contribution in [0.1, 0.15) is 42.6 Å². The number of amides is 4. The summed E-state index contributed by atoms with van der Waals surface area (Å²) in [6.45, 7) is 5.68. The van der Waals surface area contributed by atoms with Gasteiger partial charge in [-0.25, -0.2) is 9.59 Å². The third kappa shape index (κ3) is 6.27. The molecule has 4 N–H and O–H groups in total. The van der Waals surface area contributed by atoms with Crippen molar-refractivity contribution >= 4 is 23.4 Å². The van der Waals surface area contributed by atoms with Crippen LogP contribution in [0, 0.1) is 6.92 Å². The Morgan fingerprint density at radius 3 is 1.74 bits per heavy atom. The van der Waals surface area contributed by atoms with E-state index in [0.717, 1.165) is 16.7 Å². The average Bonchev–Trinajstić information content (AvgIpc) is 2.77. The molecule has 0 spiro atoms. The second-order valence-corrected chi connectivity index (χ2v) is 7.23. The van der Waals surface area contributed by atoms with Crippen LogP contribution in [-0.4, -0.2) is 22.0 Å². The first-order chi connectivity index (χ1) is 14.9. The third-order valence-corrected chi connectivity index (χ3v) is 4.85. The van der Waals surface area contributed by atoms with Crippen LogP contribution in [0.5, 0.6) is 0 Å². The van der Waals surface area contributed by atoms with E-state index in [4.69, 9.17) is 0 Å². The Morgan fingerprint density at radius 1 is 0.742 bits per heavy atom. The molecular formula is C23H26N6O2. The molecule has 4 amide bonds. The van der Waals surface area contributed by atoms with Gasteiger partial charge in [0.15, 0.2) is 0 Å². The number of nitrogens with zero attached hydrogens (tertiary/aromatic N) is 2. The van der Waals surface area contributed by atoms with Gasteiger partial charge in [-0.2, -0.15) is 0 Å². The molecule has 160 valence electrons. The number of aryl methyl sites for hydroxylation is 1. The highest BCUT2D eigenvalue weighted by molar-refractivity contribution is 5.93. The maximum Gasteiger partial charge on any atom is 0.319 e. The number of anilines is 2. The molecule has 3 aromatic rings. The summed E-state index contributed by atoms with van der Waals surface area (Å²) in [5.74, 6) is 0. The number of urea groups is 2. The van der Waals surface area contributed by atoms with Gasteiger partial charge in [0.1, 0.15) is 0 Å². The lowest BCUT2D eigenvalue weighted by Crippen LogP contribution is -2.32. The van der Waals surface area contributed by atoms with Gasteiger partial charge in [-0.05, 0) is 73.9 Å². The SMILES string of the molecule is Cc1ccc(NC(=O)NC(C)c2ccncc2)cc1NC(=O)NC(C)c1ccncc1. The van der Waals surface area contributed by atoms with Gasteiger partial charge < -0.3 is 21.3 Å². The van der Waals surface area contributed by atoms with Crippen molar-refractivity contribution in [3.8, 4) is 0 Å². The second kappa shape index (κ2) is 10.2. The Labute approximate surface area is 181 Å². The lowest BCUT2D eigenvalue weighted by molar-refractivity contribution is 0.248. The van der Waals surface area contributed by atoms with E-state index in [-0.39, 0.29) is 24.1 Å². The lowest BCUT2D eigenvalue weighted by Gasteiger charge is -2.17. The predicted octanol–water partition coefficient (Wildman–Crippen LogP) is 4.55. The predicted molar refractivity (Wildman–Crippen MR) is 121 cm³/mol. The van der Waals surface area contributed by atoms with Gasteiger partial charge in [0.25, 0.3) is 0 Å². The first-order valence-corrected chi connectivity index (χ1v) is 9.98. The molecule has 0 fully saturated rings. The standard InChI is InChI=1S/C23H26N6O2/c1-15-4-5-20(28-22(30)26-16(2)18-6-10-24-11-7-18)14-21(15)29-23(31)27-17(3)19-8-12-25-13-9-19/h4-14,16-17H,1-3H3,(H2,26,28,30)(H2,27,29,31). The molecule has 0 aliphatic rings. The summed E-state index contributed by atoms with van der Waals surface area (Å²) < 4.78 is 0. The summed E-state index contributed by atoms with van der Waals surface area (Å²) in [6.07, 6.45) is 6.74. The van der Waals surface area contributed by atoms with Crippen molar-refractivity contribution in [3.63, 3.8) is 0 Å². The molecule has 8 nitrogen and oxygen atoms in total. The fraction of sp³-hybridized carbons (Fsp3) is 0.217. The fourth-order valence-corrected chi connectivity index (χ4v) is 3.02. The van der Waals surface area contributed by atoms with Gasteiger partial charge in [-0.15, -0.1) is 0 Å². The van der Waals surface area contributed by atoms with Gasteiger partial charge in [0.2, 0.25) is 0 Å². The van der Waals surface area contributed by atoms with E-state index < -0.39 is 0 Å². The zero-order valence-electron chi connectivity index (χ0n) is 17.7. The largest absolute Gasteiger partial charge is 0.331 e. The van der Waals surface area contributed by atoms with Crippen molar-refractivity contribution in [1.82, 2.24) is 20.6 Å². The van der Waals surface area contributed by atoms with Gasteiger partial charge in [0, 0.05) is 36.2 Å². The number of carbonyl (C=O) groups is 2. The van der Waals surface area contributed by atoms with E-state index in [1.807, 2.05) is 51.1 Å². The third-order valence-electron chi connectivity index (χ3n) is 4.85. The molecule has 2 unspecified atom stereocenters. The molecule has 2 aromatic heterocycles. The quantitative estimate of drug-likeness (QED) is 0.471. The number of pyridine rings is 2. The number of hydrogen-bond acceptors (Lipinski definition) is 4. The maximum atomic E-state index is 12.4. The molecule has 0 aliphatic heterocycles. The number of rotatable bonds is 6. The van der Waals surface area contributed by atoms with Gasteiger partial charge >= 0.3 is 12.1 Å². The molecule has 3 rings (SSSR count). The number of aromatic nitrogens is 2. The van der Waals surface area contributed by atoms with Crippen molar-refractivity contribution in [2.24, 2.45) is 0 Å². The van der Waals surface area contributed by atoms with Crippen LogP contribution in [0.4, 0.5) is 21.0 Å².